The summed E-state index contributed by atoms with van der Waals surface area (Å²) < 4.78 is 0. The Hall–Kier alpha value is -2.99. The summed E-state index contributed by atoms with van der Waals surface area (Å²) in [7, 11) is 0. The Balaban J connectivity index is 1.40. The number of guanidine groups is 1. The Morgan fingerprint density at radius 3 is 2.67 bits per heavy atom. The Bertz CT molecular complexity index is 967. The number of aliphatic imine (C=N–C) groups is 1. The maximum atomic E-state index is 4.67. The lowest BCUT2D eigenvalue weighted by atomic mass is 10.1. The zero-order chi connectivity index (χ0) is 18.6. The van der Waals surface area contributed by atoms with Gasteiger partial charge in [-0.05, 0) is 25.0 Å². The third-order valence-corrected chi connectivity index (χ3v) is 4.93. The number of rotatable bonds is 4. The molecular weight excluding hydrogens is 336 g/mol. The highest BCUT2D eigenvalue weighted by Crippen LogP contribution is 2.20. The molecule has 2 heterocycles. The van der Waals surface area contributed by atoms with Gasteiger partial charge in [0.1, 0.15) is 0 Å². The van der Waals surface area contributed by atoms with Gasteiger partial charge in [-0.25, -0.2) is 9.97 Å². The number of anilines is 1. The number of fused-ring (bicyclic) bond motifs is 1. The molecule has 1 atom stereocenters. The van der Waals surface area contributed by atoms with Gasteiger partial charge in [0.05, 0.1) is 17.8 Å². The van der Waals surface area contributed by atoms with Gasteiger partial charge in [-0.15, -0.1) is 0 Å². The fourth-order valence-corrected chi connectivity index (χ4v) is 3.34. The second kappa shape index (κ2) is 7.72. The topological polar surface area (TPSA) is 66.6 Å². The van der Waals surface area contributed by atoms with E-state index in [1.165, 1.54) is 10.5 Å². The lowest BCUT2D eigenvalue weighted by molar-refractivity contribution is -0.902. The highest BCUT2D eigenvalue weighted by molar-refractivity contribution is 5.93. The van der Waals surface area contributed by atoms with Crippen LogP contribution in [0.3, 0.4) is 0 Å². The molecule has 0 aliphatic carbocycles. The smallest absolute Gasteiger partial charge is 0.230 e. The summed E-state index contributed by atoms with van der Waals surface area (Å²) >= 11 is 0. The second-order valence-electron chi connectivity index (χ2n) is 6.98. The van der Waals surface area contributed by atoms with Crippen LogP contribution in [-0.4, -0.2) is 35.8 Å². The first kappa shape index (κ1) is 17.4. The number of para-hydroxylation sites is 1. The van der Waals surface area contributed by atoms with Crippen molar-refractivity contribution in [1.82, 2.24) is 15.3 Å². The first-order valence-corrected chi connectivity index (χ1v) is 9.36. The van der Waals surface area contributed by atoms with Crippen LogP contribution in [0, 0.1) is 13.8 Å². The van der Waals surface area contributed by atoms with Crippen molar-refractivity contribution in [1.29, 1.82) is 0 Å². The van der Waals surface area contributed by atoms with Gasteiger partial charge < -0.3 is 5.32 Å². The number of quaternary nitrogens is 1. The number of benzene rings is 2. The molecule has 0 radical (unpaired) electrons. The fourth-order valence-electron chi connectivity index (χ4n) is 3.34. The molecule has 3 aromatic rings. The molecule has 1 aliphatic rings. The molecule has 138 valence electrons. The summed E-state index contributed by atoms with van der Waals surface area (Å²) in [5.41, 5.74) is 4.47. The zero-order valence-corrected chi connectivity index (χ0v) is 15.8. The molecule has 4 rings (SSSR count). The Morgan fingerprint density at radius 1 is 1.04 bits per heavy atom. The van der Waals surface area contributed by atoms with Crippen molar-refractivity contribution in [3.63, 3.8) is 0 Å². The van der Waals surface area contributed by atoms with Crippen LogP contribution in [0.25, 0.3) is 10.9 Å². The van der Waals surface area contributed by atoms with E-state index in [1.54, 1.807) is 0 Å². The Kier molecular flexibility index (Phi) is 4.98. The number of nitrogens with zero attached hydrogens (tertiary/aromatic N) is 3. The molecule has 0 fully saturated rings. The van der Waals surface area contributed by atoms with Crippen molar-refractivity contribution >= 4 is 22.8 Å². The van der Waals surface area contributed by atoms with Crippen LogP contribution in [0.5, 0.6) is 0 Å². The highest BCUT2D eigenvalue weighted by Gasteiger charge is 2.16. The van der Waals surface area contributed by atoms with Crippen molar-refractivity contribution in [3.05, 3.63) is 65.4 Å². The van der Waals surface area contributed by atoms with Crippen LogP contribution in [0.1, 0.15) is 16.8 Å². The van der Waals surface area contributed by atoms with E-state index in [2.05, 4.69) is 75.0 Å². The second-order valence-corrected chi connectivity index (χ2v) is 6.98. The van der Waals surface area contributed by atoms with Crippen LogP contribution < -0.4 is 15.5 Å². The van der Waals surface area contributed by atoms with E-state index in [0.29, 0.717) is 5.95 Å². The van der Waals surface area contributed by atoms with E-state index in [1.807, 2.05) is 13.0 Å². The molecule has 3 N–H and O–H groups in total. The summed E-state index contributed by atoms with van der Waals surface area (Å²) in [5, 5.41) is 7.69. The molecule has 6 heteroatoms. The first-order chi connectivity index (χ1) is 13.2. The van der Waals surface area contributed by atoms with Crippen molar-refractivity contribution in [2.75, 3.05) is 25.2 Å². The molecule has 6 nitrogen and oxygen atoms in total. The Morgan fingerprint density at radius 2 is 1.89 bits per heavy atom. The van der Waals surface area contributed by atoms with Gasteiger partial charge in [0, 0.05) is 11.8 Å². The number of hydrogen-bond acceptors (Lipinski definition) is 5. The molecule has 0 bridgehead atoms. The normalized spacial score (nSPS) is 16.7. The standard InChI is InChI=1S/C21H24N6/c1-15-7-6-10-18-16(2)24-21(25-19(15)18)26-20-22-13-27(14-23-20)12-11-17-8-4-3-5-9-17/h3-10H,11-14H2,1-2H3,(H2,22,23,24,25,26)/p+1. The van der Waals surface area contributed by atoms with Crippen LogP contribution in [0.4, 0.5) is 5.95 Å². The van der Waals surface area contributed by atoms with Gasteiger partial charge in [0.15, 0.2) is 13.3 Å². The highest BCUT2D eigenvalue weighted by atomic mass is 15.4. The van der Waals surface area contributed by atoms with Crippen LogP contribution in [0.15, 0.2) is 53.5 Å². The summed E-state index contributed by atoms with van der Waals surface area (Å²) in [6.45, 7) is 6.72. The Labute approximate surface area is 159 Å². The molecule has 0 saturated heterocycles. The van der Waals surface area contributed by atoms with Gasteiger partial charge in [-0.3, -0.25) is 10.2 Å². The summed E-state index contributed by atoms with van der Waals surface area (Å²) in [5.74, 6) is 1.33. The maximum Gasteiger partial charge on any atom is 0.230 e. The van der Waals surface area contributed by atoms with Crippen molar-refractivity contribution in [2.45, 2.75) is 20.3 Å². The third kappa shape index (κ3) is 4.06. The largest absolute Gasteiger partial charge is 0.309 e. The minimum Gasteiger partial charge on any atom is -0.309 e. The summed E-state index contributed by atoms with van der Waals surface area (Å²) in [6.07, 6.45) is 1.06. The third-order valence-electron chi connectivity index (χ3n) is 4.93. The molecule has 0 spiro atoms. The monoisotopic (exact) mass is 361 g/mol. The average molecular weight is 361 g/mol. The van der Waals surface area contributed by atoms with E-state index in [0.717, 1.165) is 54.4 Å². The molecular formula is C21H25N6+. The number of aryl methyl sites for hydroxylation is 2. The first-order valence-electron chi connectivity index (χ1n) is 9.36. The van der Waals surface area contributed by atoms with E-state index in [4.69, 9.17) is 0 Å². The van der Waals surface area contributed by atoms with Gasteiger partial charge in [0.2, 0.25) is 11.9 Å². The zero-order valence-electron chi connectivity index (χ0n) is 15.8. The predicted molar refractivity (Wildman–Crippen MR) is 109 cm³/mol. The minimum absolute atomic E-state index is 0.591. The molecule has 1 aliphatic heterocycles. The number of aromatic nitrogens is 2. The summed E-state index contributed by atoms with van der Waals surface area (Å²) in [4.78, 5) is 15.3. The summed E-state index contributed by atoms with van der Waals surface area (Å²) in [6, 6.07) is 16.8. The molecule has 0 amide bonds. The van der Waals surface area contributed by atoms with E-state index < -0.39 is 0 Å². The maximum absolute atomic E-state index is 4.67. The van der Waals surface area contributed by atoms with Gasteiger partial charge in [-0.1, -0.05) is 48.5 Å². The number of nitrogens with one attached hydrogen (secondary N) is 3. The quantitative estimate of drug-likeness (QED) is 0.661. The van der Waals surface area contributed by atoms with Gasteiger partial charge in [0.25, 0.3) is 0 Å². The average Bonchev–Trinajstić information content (AvgIpc) is 2.69. The van der Waals surface area contributed by atoms with Gasteiger partial charge >= 0.3 is 0 Å². The fraction of sp³-hybridized carbons (Fsp3) is 0.286. The lowest BCUT2D eigenvalue weighted by Crippen LogP contribution is -3.14. The minimum atomic E-state index is 0.591. The van der Waals surface area contributed by atoms with E-state index in [-0.39, 0.29) is 0 Å². The molecule has 1 unspecified atom stereocenters. The molecule has 0 saturated carbocycles. The molecule has 27 heavy (non-hydrogen) atoms. The van der Waals surface area contributed by atoms with Crippen molar-refractivity contribution < 1.29 is 4.90 Å². The number of hydrogen-bond donors (Lipinski definition) is 3. The molecule has 2 aromatic carbocycles. The SMILES string of the molecule is Cc1nc(NC2=NC[NH+](CCc3ccccc3)CN2)nc2c(C)cccc12. The lowest BCUT2D eigenvalue weighted by Gasteiger charge is -2.24. The van der Waals surface area contributed by atoms with Crippen molar-refractivity contribution in [3.8, 4) is 0 Å². The van der Waals surface area contributed by atoms with Crippen LogP contribution in [0.2, 0.25) is 0 Å². The van der Waals surface area contributed by atoms with Crippen LogP contribution in [-0.2, 0) is 6.42 Å². The van der Waals surface area contributed by atoms with Crippen LogP contribution >= 0.6 is 0 Å². The van der Waals surface area contributed by atoms with Gasteiger partial charge in [-0.2, -0.15) is 4.99 Å². The molecule has 1 aromatic heterocycles. The van der Waals surface area contributed by atoms with Crippen molar-refractivity contribution in [2.24, 2.45) is 4.99 Å². The van der Waals surface area contributed by atoms with E-state index >= 15 is 0 Å². The van der Waals surface area contributed by atoms with E-state index in [9.17, 15) is 0 Å². The predicted octanol–water partition coefficient (Wildman–Crippen LogP) is 1.66.